The summed E-state index contributed by atoms with van der Waals surface area (Å²) >= 11 is 12.9. The number of carbonyl (C=O) groups is 2. The number of benzene rings is 4. The maximum absolute atomic E-state index is 14.4. The topological polar surface area (TPSA) is 86.8 Å². The molecule has 0 aliphatic rings. The molecule has 4 aromatic rings. The third-order valence-corrected chi connectivity index (χ3v) is 9.59. The molecule has 0 bridgehead atoms. The van der Waals surface area contributed by atoms with Crippen molar-refractivity contribution < 1.29 is 18.0 Å². The number of nitrogens with zero attached hydrogens (tertiary/aromatic N) is 2. The molecule has 0 radical (unpaired) electrons. The van der Waals surface area contributed by atoms with Crippen LogP contribution in [0.3, 0.4) is 0 Å². The molecular weight excluding hydrogens is 605 g/mol. The van der Waals surface area contributed by atoms with Gasteiger partial charge < -0.3 is 10.2 Å². The monoisotopic (exact) mass is 637 g/mol. The molecule has 224 valence electrons. The highest BCUT2D eigenvalue weighted by molar-refractivity contribution is 7.92. The molecule has 0 fully saturated rings. The van der Waals surface area contributed by atoms with Gasteiger partial charge in [0.2, 0.25) is 11.8 Å². The molecule has 0 aromatic heterocycles. The van der Waals surface area contributed by atoms with E-state index in [9.17, 15) is 18.0 Å². The molecule has 1 N–H and O–H groups in total. The lowest BCUT2D eigenvalue weighted by Crippen LogP contribution is -2.53. The van der Waals surface area contributed by atoms with Gasteiger partial charge in [0, 0.05) is 29.6 Å². The molecule has 4 aromatic carbocycles. The van der Waals surface area contributed by atoms with Crippen LogP contribution in [0.25, 0.3) is 0 Å². The van der Waals surface area contributed by atoms with Crippen molar-refractivity contribution in [2.75, 3.05) is 17.4 Å². The van der Waals surface area contributed by atoms with Crippen LogP contribution < -0.4 is 9.62 Å². The number of hydrogen-bond acceptors (Lipinski definition) is 4. The van der Waals surface area contributed by atoms with Crippen LogP contribution in [0.5, 0.6) is 0 Å². The van der Waals surface area contributed by atoms with E-state index < -0.39 is 28.5 Å². The van der Waals surface area contributed by atoms with Gasteiger partial charge in [-0.15, -0.1) is 0 Å². The summed E-state index contributed by atoms with van der Waals surface area (Å²) in [4.78, 5) is 29.4. The van der Waals surface area contributed by atoms with Crippen LogP contribution in [0.1, 0.15) is 23.6 Å². The molecule has 0 aliphatic carbocycles. The average molecular weight is 639 g/mol. The number of rotatable bonds is 12. The van der Waals surface area contributed by atoms with Gasteiger partial charge in [-0.05, 0) is 60.9 Å². The van der Waals surface area contributed by atoms with Gasteiger partial charge in [-0.3, -0.25) is 13.9 Å². The molecule has 4 rings (SSSR count). The number of anilines is 1. The molecule has 0 aliphatic heterocycles. The lowest BCUT2D eigenvalue weighted by Gasteiger charge is -2.34. The van der Waals surface area contributed by atoms with Gasteiger partial charge >= 0.3 is 0 Å². The van der Waals surface area contributed by atoms with Crippen molar-refractivity contribution in [2.24, 2.45) is 0 Å². The minimum atomic E-state index is -4.22. The Morgan fingerprint density at radius 2 is 1.42 bits per heavy atom. The predicted molar refractivity (Wildman–Crippen MR) is 172 cm³/mol. The van der Waals surface area contributed by atoms with E-state index in [1.807, 2.05) is 30.3 Å². The summed E-state index contributed by atoms with van der Waals surface area (Å²) in [5.41, 5.74) is 2.23. The lowest BCUT2D eigenvalue weighted by molar-refractivity contribution is -0.140. The molecule has 0 heterocycles. The van der Waals surface area contributed by atoms with Crippen LogP contribution in [-0.2, 0) is 32.6 Å². The average Bonchev–Trinajstić information content (AvgIpc) is 3.01. The Morgan fingerprint density at radius 1 is 0.814 bits per heavy atom. The van der Waals surface area contributed by atoms with E-state index in [4.69, 9.17) is 23.2 Å². The Bertz CT molecular complexity index is 1670. The summed E-state index contributed by atoms with van der Waals surface area (Å²) in [7, 11) is -4.22. The number of carbonyl (C=O) groups excluding carboxylic acids is 2. The highest BCUT2D eigenvalue weighted by Crippen LogP contribution is 2.31. The summed E-state index contributed by atoms with van der Waals surface area (Å²) in [5, 5.41) is 3.63. The van der Waals surface area contributed by atoms with Crippen molar-refractivity contribution in [3.8, 4) is 0 Å². The number of halogens is 2. The second-order valence-electron chi connectivity index (χ2n) is 9.92. The maximum atomic E-state index is 14.4. The van der Waals surface area contributed by atoms with Gasteiger partial charge in [-0.1, -0.05) is 96.0 Å². The van der Waals surface area contributed by atoms with E-state index in [1.165, 1.54) is 17.0 Å². The fraction of sp³-hybridized carbons (Fsp3) is 0.212. The lowest BCUT2D eigenvalue weighted by atomic mass is 10.0. The van der Waals surface area contributed by atoms with Crippen molar-refractivity contribution in [2.45, 2.75) is 37.8 Å². The minimum absolute atomic E-state index is 0.0130. The van der Waals surface area contributed by atoms with Crippen LogP contribution >= 0.6 is 23.2 Å². The highest BCUT2D eigenvalue weighted by atomic mass is 35.5. The van der Waals surface area contributed by atoms with Gasteiger partial charge in [0.1, 0.15) is 12.6 Å². The van der Waals surface area contributed by atoms with Gasteiger partial charge in [0.25, 0.3) is 10.0 Å². The first-order valence-corrected chi connectivity index (χ1v) is 16.0. The minimum Gasteiger partial charge on any atom is -0.355 e. The standard InChI is InChI=1S/C33H33Cl2N3O4S/c1-3-36-33(40)31(21-25-13-6-4-7-14-25)37(22-26-15-10-11-18-29(26)35)32(39)23-38(30-20-12-19-28(34)24(30)2)43(41,42)27-16-8-5-9-17-27/h4-20,31H,3,21-23H2,1-2H3,(H,36,40)/t31-/m1/s1. The summed E-state index contributed by atoms with van der Waals surface area (Å²) < 4.78 is 29.2. The number of hydrogen-bond donors (Lipinski definition) is 1. The van der Waals surface area contributed by atoms with Crippen molar-refractivity contribution in [3.05, 3.63) is 130 Å². The molecule has 2 amide bonds. The zero-order chi connectivity index (χ0) is 31.0. The van der Waals surface area contributed by atoms with E-state index >= 15 is 0 Å². The molecule has 1 atom stereocenters. The van der Waals surface area contributed by atoms with Crippen molar-refractivity contribution in [1.29, 1.82) is 0 Å². The molecule has 0 saturated carbocycles. The predicted octanol–water partition coefficient (Wildman–Crippen LogP) is 6.27. The summed E-state index contributed by atoms with van der Waals surface area (Å²) in [6.07, 6.45) is 0.213. The third-order valence-electron chi connectivity index (χ3n) is 7.04. The smallest absolute Gasteiger partial charge is 0.264 e. The first-order valence-electron chi connectivity index (χ1n) is 13.8. The largest absolute Gasteiger partial charge is 0.355 e. The van der Waals surface area contributed by atoms with Gasteiger partial charge in [0.05, 0.1) is 10.6 Å². The second kappa shape index (κ2) is 14.6. The molecule has 0 unspecified atom stereocenters. The molecule has 10 heteroatoms. The fourth-order valence-electron chi connectivity index (χ4n) is 4.76. The molecule has 7 nitrogen and oxygen atoms in total. The van der Waals surface area contributed by atoms with Crippen LogP contribution in [-0.4, -0.2) is 44.3 Å². The summed E-state index contributed by atoms with van der Waals surface area (Å²) in [5.74, 6) is -0.936. The number of likely N-dealkylation sites (N-methyl/N-ethyl adjacent to an activating group) is 1. The van der Waals surface area contributed by atoms with Crippen molar-refractivity contribution in [1.82, 2.24) is 10.2 Å². The van der Waals surface area contributed by atoms with E-state index in [1.54, 1.807) is 74.5 Å². The van der Waals surface area contributed by atoms with Crippen LogP contribution in [0, 0.1) is 6.92 Å². The fourth-order valence-corrected chi connectivity index (χ4v) is 6.61. The van der Waals surface area contributed by atoms with Crippen LogP contribution in [0.2, 0.25) is 10.0 Å². The number of amides is 2. The van der Waals surface area contributed by atoms with E-state index in [2.05, 4.69) is 5.32 Å². The Kier molecular flexibility index (Phi) is 10.9. The zero-order valence-electron chi connectivity index (χ0n) is 23.9. The first kappa shape index (κ1) is 32.1. The second-order valence-corrected chi connectivity index (χ2v) is 12.6. The van der Waals surface area contributed by atoms with Crippen molar-refractivity contribution in [3.63, 3.8) is 0 Å². The Labute approximate surface area is 263 Å². The molecule has 0 spiro atoms. The molecule has 0 saturated heterocycles. The summed E-state index contributed by atoms with van der Waals surface area (Å²) in [6.45, 7) is 3.26. The Morgan fingerprint density at radius 3 is 2.07 bits per heavy atom. The van der Waals surface area contributed by atoms with Gasteiger partial charge in [0.15, 0.2) is 0 Å². The first-order chi connectivity index (χ1) is 20.6. The zero-order valence-corrected chi connectivity index (χ0v) is 26.2. The third kappa shape index (κ3) is 7.76. The van der Waals surface area contributed by atoms with E-state index in [0.29, 0.717) is 27.7 Å². The molecular formula is C33H33Cl2N3O4S. The molecule has 43 heavy (non-hydrogen) atoms. The van der Waals surface area contributed by atoms with E-state index in [0.717, 1.165) is 9.87 Å². The highest BCUT2D eigenvalue weighted by Gasteiger charge is 2.35. The number of nitrogens with one attached hydrogen (secondary N) is 1. The SMILES string of the molecule is CCNC(=O)[C@@H](Cc1ccccc1)N(Cc1ccccc1Cl)C(=O)CN(c1cccc(Cl)c1C)S(=O)(=O)c1ccccc1. The van der Waals surface area contributed by atoms with Crippen LogP contribution in [0.4, 0.5) is 5.69 Å². The Balaban J connectivity index is 1.83. The quantitative estimate of drug-likeness (QED) is 0.198. The maximum Gasteiger partial charge on any atom is 0.264 e. The van der Waals surface area contributed by atoms with Gasteiger partial charge in [-0.25, -0.2) is 8.42 Å². The van der Waals surface area contributed by atoms with Crippen LogP contribution in [0.15, 0.2) is 108 Å². The van der Waals surface area contributed by atoms with Crippen molar-refractivity contribution >= 4 is 50.7 Å². The number of sulfonamides is 1. The van der Waals surface area contributed by atoms with Gasteiger partial charge in [-0.2, -0.15) is 0 Å². The van der Waals surface area contributed by atoms with E-state index in [-0.39, 0.29) is 29.5 Å². The summed E-state index contributed by atoms with van der Waals surface area (Å²) in [6, 6.07) is 28.3. The normalized spacial score (nSPS) is 11.9. The Hall–Kier alpha value is -3.85.